The Kier molecular flexibility index (Phi) is 4.39. The molecule has 3 nitrogen and oxygen atoms in total. The first-order valence-electron chi connectivity index (χ1n) is 6.16. The predicted octanol–water partition coefficient (Wildman–Crippen LogP) is 3.23. The highest BCUT2D eigenvalue weighted by Gasteiger charge is 2.19. The summed E-state index contributed by atoms with van der Waals surface area (Å²) in [6, 6.07) is 12.3. The molecule has 2 heterocycles. The molecule has 3 rings (SSSR count). The van der Waals surface area contributed by atoms with Crippen LogP contribution in [0, 0.1) is 0 Å². The molecule has 1 aromatic heterocycles. The second-order valence-electron chi connectivity index (χ2n) is 4.50. The highest BCUT2D eigenvalue weighted by atomic mass is 35.5. The number of hydrogen-bond donors (Lipinski definition) is 1. The van der Waals surface area contributed by atoms with Gasteiger partial charge in [-0.05, 0) is 25.9 Å². The molecule has 0 amide bonds. The maximum atomic E-state index is 5.48. The third kappa shape index (κ3) is 2.74. The smallest absolute Gasteiger partial charge is 0.140 e. The molecule has 0 bridgehead atoms. The van der Waals surface area contributed by atoms with E-state index in [9.17, 15) is 0 Å². The van der Waals surface area contributed by atoms with Crippen molar-refractivity contribution < 1.29 is 4.52 Å². The Bertz CT molecular complexity index is 478. The summed E-state index contributed by atoms with van der Waals surface area (Å²) < 4.78 is 5.48. The molecule has 96 valence electrons. The van der Waals surface area contributed by atoms with E-state index >= 15 is 0 Å². The van der Waals surface area contributed by atoms with Crippen LogP contribution >= 0.6 is 12.4 Å². The van der Waals surface area contributed by atoms with Crippen molar-refractivity contribution in [3.8, 4) is 11.3 Å². The molecule has 0 spiro atoms. The fourth-order valence-electron chi connectivity index (χ4n) is 2.33. The van der Waals surface area contributed by atoms with E-state index in [1.165, 1.54) is 0 Å². The van der Waals surface area contributed by atoms with Crippen molar-refractivity contribution in [3.63, 3.8) is 0 Å². The van der Waals surface area contributed by atoms with Crippen LogP contribution in [0.4, 0.5) is 0 Å². The fourth-order valence-corrected chi connectivity index (χ4v) is 2.33. The Hall–Kier alpha value is -1.32. The van der Waals surface area contributed by atoms with Gasteiger partial charge in [0, 0.05) is 17.5 Å². The average Bonchev–Trinajstić information content (AvgIpc) is 2.90. The lowest BCUT2D eigenvalue weighted by Gasteiger charge is -2.19. The molecule has 0 saturated carbocycles. The van der Waals surface area contributed by atoms with Crippen LogP contribution in [0.1, 0.15) is 24.5 Å². The Labute approximate surface area is 113 Å². The van der Waals surface area contributed by atoms with E-state index in [0.717, 1.165) is 42.9 Å². The van der Waals surface area contributed by atoms with Crippen molar-refractivity contribution >= 4 is 12.4 Å². The molecule has 0 atom stereocenters. The summed E-state index contributed by atoms with van der Waals surface area (Å²) in [6.45, 7) is 2.15. The van der Waals surface area contributed by atoms with Crippen LogP contribution in [0.5, 0.6) is 0 Å². The van der Waals surface area contributed by atoms with E-state index in [1.807, 2.05) is 18.2 Å². The van der Waals surface area contributed by atoms with Gasteiger partial charge in [-0.15, -0.1) is 12.4 Å². The van der Waals surface area contributed by atoms with Gasteiger partial charge in [-0.25, -0.2) is 0 Å². The summed E-state index contributed by atoms with van der Waals surface area (Å²) >= 11 is 0. The molecular formula is C14H17ClN2O. The number of hydrogen-bond acceptors (Lipinski definition) is 3. The molecule has 4 heteroatoms. The zero-order valence-corrected chi connectivity index (χ0v) is 11.0. The Balaban J connectivity index is 0.00000120. The molecule has 0 radical (unpaired) electrons. The lowest BCUT2D eigenvalue weighted by Crippen LogP contribution is -2.26. The number of nitrogens with zero attached hydrogens (tertiary/aromatic N) is 1. The molecule has 18 heavy (non-hydrogen) atoms. The van der Waals surface area contributed by atoms with Crippen LogP contribution in [0.2, 0.25) is 0 Å². The van der Waals surface area contributed by atoms with Crippen LogP contribution in [-0.4, -0.2) is 18.2 Å². The van der Waals surface area contributed by atoms with Crippen molar-refractivity contribution in [3.05, 3.63) is 42.2 Å². The molecule has 1 aromatic carbocycles. The standard InChI is InChI=1S/C14H16N2O.ClH/c1-2-4-11(5-3-1)13-10-14(17-16-13)12-6-8-15-9-7-12;/h1-5,10,12,15H,6-9H2;1H. The number of rotatable bonds is 2. The zero-order valence-electron chi connectivity index (χ0n) is 10.1. The minimum Gasteiger partial charge on any atom is -0.360 e. The summed E-state index contributed by atoms with van der Waals surface area (Å²) in [4.78, 5) is 0. The van der Waals surface area contributed by atoms with Crippen molar-refractivity contribution in [1.29, 1.82) is 0 Å². The topological polar surface area (TPSA) is 38.1 Å². The third-order valence-corrected chi connectivity index (χ3v) is 3.34. The summed E-state index contributed by atoms with van der Waals surface area (Å²) in [5.41, 5.74) is 2.07. The van der Waals surface area contributed by atoms with E-state index < -0.39 is 0 Å². The monoisotopic (exact) mass is 264 g/mol. The quantitative estimate of drug-likeness (QED) is 0.905. The summed E-state index contributed by atoms with van der Waals surface area (Å²) in [6.07, 6.45) is 2.28. The van der Waals surface area contributed by atoms with E-state index in [2.05, 4.69) is 28.7 Å². The number of aromatic nitrogens is 1. The molecule has 1 N–H and O–H groups in total. The second-order valence-corrected chi connectivity index (χ2v) is 4.50. The van der Waals surface area contributed by atoms with Crippen LogP contribution in [0.15, 0.2) is 40.9 Å². The molecule has 1 fully saturated rings. The lowest BCUT2D eigenvalue weighted by molar-refractivity contribution is 0.329. The van der Waals surface area contributed by atoms with Crippen molar-refractivity contribution in [2.45, 2.75) is 18.8 Å². The molecule has 0 unspecified atom stereocenters. The van der Waals surface area contributed by atoms with Gasteiger partial charge in [0.25, 0.3) is 0 Å². The first kappa shape index (κ1) is 13.1. The van der Waals surface area contributed by atoms with E-state index in [4.69, 9.17) is 4.52 Å². The molecule has 0 aliphatic carbocycles. The number of piperidine rings is 1. The highest BCUT2D eigenvalue weighted by molar-refractivity contribution is 5.85. The van der Waals surface area contributed by atoms with Gasteiger partial charge in [0.15, 0.2) is 0 Å². The maximum absolute atomic E-state index is 5.48. The largest absolute Gasteiger partial charge is 0.360 e. The summed E-state index contributed by atoms with van der Waals surface area (Å²) in [5, 5.41) is 7.53. The molecular weight excluding hydrogens is 248 g/mol. The van der Waals surface area contributed by atoms with Gasteiger partial charge in [-0.1, -0.05) is 35.5 Å². The SMILES string of the molecule is Cl.c1ccc(-c2cc(C3CCNCC3)on2)cc1. The van der Waals surface area contributed by atoms with Crippen LogP contribution in [0.3, 0.4) is 0 Å². The molecule has 1 aliphatic heterocycles. The minimum atomic E-state index is 0. The molecule has 1 aliphatic rings. The lowest BCUT2D eigenvalue weighted by atomic mass is 9.95. The van der Waals surface area contributed by atoms with Crippen molar-refractivity contribution in [2.75, 3.05) is 13.1 Å². The van der Waals surface area contributed by atoms with Gasteiger partial charge in [-0.3, -0.25) is 0 Å². The van der Waals surface area contributed by atoms with Gasteiger partial charge in [-0.2, -0.15) is 0 Å². The van der Waals surface area contributed by atoms with Crippen LogP contribution in [-0.2, 0) is 0 Å². The second kappa shape index (κ2) is 6.03. The number of halogens is 1. The Morgan fingerprint density at radius 3 is 2.56 bits per heavy atom. The third-order valence-electron chi connectivity index (χ3n) is 3.34. The fraction of sp³-hybridized carbons (Fsp3) is 0.357. The number of nitrogens with one attached hydrogen (secondary N) is 1. The average molecular weight is 265 g/mol. The molecule has 2 aromatic rings. The van der Waals surface area contributed by atoms with Gasteiger partial charge >= 0.3 is 0 Å². The van der Waals surface area contributed by atoms with Gasteiger partial charge in [0.05, 0.1) is 0 Å². The maximum Gasteiger partial charge on any atom is 0.140 e. The summed E-state index contributed by atoms with van der Waals surface area (Å²) in [7, 11) is 0. The normalized spacial score (nSPS) is 16.2. The minimum absolute atomic E-state index is 0. The first-order valence-corrected chi connectivity index (χ1v) is 6.16. The first-order chi connectivity index (χ1) is 8.43. The predicted molar refractivity (Wildman–Crippen MR) is 74.0 cm³/mol. The van der Waals surface area contributed by atoms with Gasteiger partial charge < -0.3 is 9.84 Å². The Morgan fingerprint density at radius 1 is 1.11 bits per heavy atom. The van der Waals surface area contributed by atoms with Crippen LogP contribution in [0.25, 0.3) is 11.3 Å². The van der Waals surface area contributed by atoms with E-state index in [0.29, 0.717) is 5.92 Å². The van der Waals surface area contributed by atoms with E-state index in [1.54, 1.807) is 0 Å². The van der Waals surface area contributed by atoms with E-state index in [-0.39, 0.29) is 12.4 Å². The number of benzene rings is 1. The van der Waals surface area contributed by atoms with Crippen LogP contribution < -0.4 is 5.32 Å². The zero-order chi connectivity index (χ0) is 11.5. The van der Waals surface area contributed by atoms with Gasteiger partial charge in [0.1, 0.15) is 11.5 Å². The Morgan fingerprint density at radius 2 is 1.83 bits per heavy atom. The highest BCUT2D eigenvalue weighted by Crippen LogP contribution is 2.28. The van der Waals surface area contributed by atoms with Crippen molar-refractivity contribution in [2.24, 2.45) is 0 Å². The van der Waals surface area contributed by atoms with Gasteiger partial charge in [0.2, 0.25) is 0 Å². The molecule has 1 saturated heterocycles. The summed E-state index contributed by atoms with van der Waals surface area (Å²) in [5.74, 6) is 1.56. The van der Waals surface area contributed by atoms with Crippen molar-refractivity contribution in [1.82, 2.24) is 10.5 Å².